The number of hydrogen-bond acceptors (Lipinski definition) is 4. The van der Waals surface area contributed by atoms with E-state index in [0.717, 1.165) is 82.1 Å². The van der Waals surface area contributed by atoms with Gasteiger partial charge in [-0.15, -0.1) is 0 Å². The molecule has 2 aliphatic carbocycles. The van der Waals surface area contributed by atoms with Gasteiger partial charge in [-0.3, -0.25) is 0 Å². The Bertz CT molecular complexity index is 3850. The molecule has 0 saturated heterocycles. The molecule has 4 nitrogen and oxygen atoms in total. The van der Waals surface area contributed by atoms with Gasteiger partial charge in [-0.2, -0.15) is 0 Å². The Labute approximate surface area is 461 Å². The van der Waals surface area contributed by atoms with Crippen molar-refractivity contribution < 1.29 is 9.60 Å². The fraction of sp³-hybridized carbons (Fsp3) is 0.250. The van der Waals surface area contributed by atoms with Gasteiger partial charge in [0.25, 0.3) is 0 Å². The van der Waals surface area contributed by atoms with Crippen molar-refractivity contribution in [2.24, 2.45) is 0 Å². The summed E-state index contributed by atoms with van der Waals surface area (Å²) in [6.07, 6.45) is 4.18. The topological polar surface area (TPSA) is 13.0 Å². The largest absolute Gasteiger partial charge is 0.321 e. The van der Waals surface area contributed by atoms with Gasteiger partial charge in [-0.1, -0.05) is 219 Å². The van der Waals surface area contributed by atoms with Crippen LogP contribution in [0.3, 0.4) is 0 Å². The highest BCUT2D eigenvalue weighted by atomic mass is 15.4. The van der Waals surface area contributed by atoms with E-state index in [1.54, 1.807) is 0 Å². The first-order valence-corrected chi connectivity index (χ1v) is 27.2. The summed E-state index contributed by atoms with van der Waals surface area (Å²) in [7, 11) is 0. The summed E-state index contributed by atoms with van der Waals surface area (Å²) < 4.78 is 67.6. The van der Waals surface area contributed by atoms with Gasteiger partial charge in [-0.05, 0) is 134 Å². The highest BCUT2D eigenvalue weighted by Crippen LogP contribution is 2.55. The summed E-state index contributed by atoms with van der Waals surface area (Å²) in [5.74, 6) is 0. The SMILES string of the molecule is [2H]c1cc(N2CN(c3c(-c4ccccc4)c([2H])c([2H])c([2H])c3-c3ccc4c(c3)C(C)(C)CCC4(C)C)c3ccccc32)cc(N2CN(c3c(-c4ccccc4)c([2H])c([2H])c([2H])c3-c3ccc4c(c3)C(C)(C)CCC4(C)C)c3ccccc32)c1. The molecule has 0 radical (unpaired) electrons. The summed E-state index contributed by atoms with van der Waals surface area (Å²) in [6, 6.07) is 55.4. The Morgan fingerprint density at radius 3 is 1.03 bits per heavy atom. The lowest BCUT2D eigenvalue weighted by Crippen LogP contribution is -2.33. The van der Waals surface area contributed by atoms with Crippen LogP contribution in [0.25, 0.3) is 44.5 Å². The molecule has 378 valence electrons. The van der Waals surface area contributed by atoms with Crippen LogP contribution in [0.5, 0.6) is 0 Å². The standard InChI is InChI=1S/C72H70N4/c1-69(2)40-42-71(5,6)61-44-51(36-38-59(61)69)57-30-20-28-55(49-22-11-9-12-23-49)67(57)75-47-73(63-32-15-17-34-65(63)75)53-26-19-27-54(46-53)74-48-76(66-35-18-16-33-64(66)74)68-56(50-24-13-10-14-25-50)29-21-31-58(68)52-37-39-60-62(45-52)72(7,8)43-41-70(60,3)4/h9-39,44-46H,40-43,47-48H2,1-8H3/i19D,20D,21D,28D,29D,30D,31D. The fourth-order valence-corrected chi connectivity index (χ4v) is 12.9. The molecular formula is C72H70N4. The lowest BCUT2D eigenvalue weighted by atomic mass is 9.63. The first-order chi connectivity index (χ1) is 39.6. The maximum Gasteiger partial charge on any atom is 0.100 e. The molecule has 0 unspecified atom stereocenters. The lowest BCUT2D eigenvalue weighted by molar-refractivity contribution is 0.332. The molecule has 0 aromatic heterocycles. The second kappa shape index (κ2) is 17.9. The summed E-state index contributed by atoms with van der Waals surface area (Å²) in [6.45, 7) is 19.0. The van der Waals surface area contributed by atoms with Crippen LogP contribution in [0, 0.1) is 0 Å². The van der Waals surface area contributed by atoms with E-state index in [1.807, 2.05) is 97.1 Å². The molecule has 4 aliphatic rings. The molecular weight excluding hydrogens is 921 g/mol. The first kappa shape index (κ1) is 40.5. The predicted octanol–water partition coefficient (Wildman–Crippen LogP) is 19.5. The monoisotopic (exact) mass is 998 g/mol. The molecule has 9 aromatic rings. The third kappa shape index (κ3) is 7.94. The highest BCUT2D eigenvalue weighted by molar-refractivity contribution is 6.01. The Kier molecular flexibility index (Phi) is 9.54. The van der Waals surface area contributed by atoms with E-state index < -0.39 is 0 Å². The van der Waals surface area contributed by atoms with Crippen molar-refractivity contribution in [3.8, 4) is 44.5 Å². The van der Waals surface area contributed by atoms with Crippen molar-refractivity contribution in [1.29, 1.82) is 0 Å². The molecule has 0 saturated carbocycles. The molecule has 13 rings (SSSR count). The smallest absolute Gasteiger partial charge is 0.100 e. The molecule has 4 heteroatoms. The van der Waals surface area contributed by atoms with E-state index in [-0.39, 0.29) is 71.3 Å². The second-order valence-corrected chi connectivity index (χ2v) is 24.2. The van der Waals surface area contributed by atoms with Crippen LogP contribution in [0.2, 0.25) is 0 Å². The average molecular weight is 998 g/mol. The average Bonchev–Trinajstić information content (AvgIpc) is 3.09. The second-order valence-electron chi connectivity index (χ2n) is 24.2. The van der Waals surface area contributed by atoms with E-state index in [4.69, 9.17) is 0 Å². The van der Waals surface area contributed by atoms with Gasteiger partial charge in [0.2, 0.25) is 0 Å². The minimum Gasteiger partial charge on any atom is -0.321 e. The summed E-state index contributed by atoms with van der Waals surface area (Å²) in [5, 5.41) is 0. The third-order valence-electron chi connectivity index (χ3n) is 17.5. The Morgan fingerprint density at radius 1 is 0.316 bits per heavy atom. The van der Waals surface area contributed by atoms with Crippen LogP contribution < -0.4 is 19.6 Å². The molecule has 2 heterocycles. The fourth-order valence-electron chi connectivity index (χ4n) is 12.9. The number of anilines is 8. The van der Waals surface area contributed by atoms with E-state index in [9.17, 15) is 9.60 Å². The first-order valence-electron chi connectivity index (χ1n) is 30.7. The van der Waals surface area contributed by atoms with Gasteiger partial charge in [0.15, 0.2) is 0 Å². The maximum absolute atomic E-state index is 9.86. The molecule has 76 heavy (non-hydrogen) atoms. The molecule has 9 aromatic carbocycles. The lowest BCUT2D eigenvalue weighted by Gasteiger charge is -2.42. The van der Waals surface area contributed by atoms with Crippen molar-refractivity contribution in [3.05, 3.63) is 228 Å². The highest BCUT2D eigenvalue weighted by Gasteiger charge is 2.40. The summed E-state index contributed by atoms with van der Waals surface area (Å²) in [4.78, 5) is 8.85. The Hall–Kier alpha value is -7.82. The molecule has 0 spiro atoms. The minimum absolute atomic E-state index is 0.00608. The predicted molar refractivity (Wildman–Crippen MR) is 323 cm³/mol. The van der Waals surface area contributed by atoms with E-state index in [2.05, 4.69) is 142 Å². The molecule has 0 N–H and O–H groups in total. The molecule has 2 aliphatic heterocycles. The van der Waals surface area contributed by atoms with Gasteiger partial charge in [0.05, 0.1) is 43.7 Å². The quantitative estimate of drug-likeness (QED) is 0.150. The number of benzene rings is 9. The van der Waals surface area contributed by atoms with E-state index in [1.165, 1.54) is 22.3 Å². The zero-order chi connectivity index (χ0) is 58.2. The van der Waals surface area contributed by atoms with Gasteiger partial charge in [-0.25, -0.2) is 0 Å². The van der Waals surface area contributed by atoms with Crippen LogP contribution in [-0.4, -0.2) is 13.3 Å². The van der Waals surface area contributed by atoms with Crippen LogP contribution in [0.15, 0.2) is 206 Å². The van der Waals surface area contributed by atoms with Gasteiger partial charge < -0.3 is 19.6 Å². The van der Waals surface area contributed by atoms with Crippen molar-refractivity contribution in [2.75, 3.05) is 32.9 Å². The van der Waals surface area contributed by atoms with Crippen molar-refractivity contribution in [1.82, 2.24) is 0 Å². The Balaban J connectivity index is 0.963. The molecule has 0 amide bonds. The minimum atomic E-state index is -0.122. The third-order valence-corrected chi connectivity index (χ3v) is 17.5. The van der Waals surface area contributed by atoms with Crippen molar-refractivity contribution in [2.45, 2.75) is 103 Å². The zero-order valence-electron chi connectivity index (χ0n) is 52.1. The van der Waals surface area contributed by atoms with Crippen LogP contribution in [0.4, 0.5) is 45.5 Å². The summed E-state index contributed by atoms with van der Waals surface area (Å²) >= 11 is 0. The maximum atomic E-state index is 9.86. The van der Waals surface area contributed by atoms with E-state index >= 15 is 0 Å². The van der Waals surface area contributed by atoms with Crippen molar-refractivity contribution >= 4 is 45.5 Å². The summed E-state index contributed by atoms with van der Waals surface area (Å²) in [5.41, 5.74) is 16.9. The Morgan fingerprint density at radius 2 is 0.645 bits per heavy atom. The van der Waals surface area contributed by atoms with Gasteiger partial charge in [0.1, 0.15) is 13.3 Å². The van der Waals surface area contributed by atoms with Gasteiger partial charge >= 0.3 is 0 Å². The van der Waals surface area contributed by atoms with Crippen LogP contribution >= 0.6 is 0 Å². The number of nitrogens with zero attached hydrogens (tertiary/aromatic N) is 4. The van der Waals surface area contributed by atoms with Crippen molar-refractivity contribution in [3.63, 3.8) is 0 Å². The molecule has 0 atom stereocenters. The van der Waals surface area contributed by atoms with E-state index in [0.29, 0.717) is 39.7 Å². The number of rotatable bonds is 8. The normalized spacial score (nSPS) is 18.8. The van der Waals surface area contributed by atoms with Crippen LogP contribution in [-0.2, 0) is 21.7 Å². The number of fused-ring (bicyclic) bond motifs is 4. The molecule has 0 fully saturated rings. The van der Waals surface area contributed by atoms with Crippen LogP contribution in [0.1, 0.15) is 113 Å². The molecule has 0 bridgehead atoms. The van der Waals surface area contributed by atoms with Gasteiger partial charge in [0, 0.05) is 33.6 Å². The zero-order valence-corrected chi connectivity index (χ0v) is 45.1. The number of para-hydroxylation sites is 6. The number of hydrogen-bond donors (Lipinski definition) is 0.